The molecule has 0 spiro atoms. The summed E-state index contributed by atoms with van der Waals surface area (Å²) in [5.41, 5.74) is 0.129. The second-order valence-electron chi connectivity index (χ2n) is 4.04. The number of hydrogen-bond donors (Lipinski definition) is 2. The molecule has 106 valence electrons. The molecule has 8 heteroatoms. The average molecular weight is 296 g/mol. The number of hydrogen-bond acceptors (Lipinski definition) is 5. The molecule has 0 saturated heterocycles. The number of imidazole rings is 1. The van der Waals surface area contributed by atoms with E-state index in [9.17, 15) is 13.2 Å². The highest BCUT2D eigenvalue weighted by Crippen LogP contribution is 2.31. The minimum Gasteiger partial charge on any atom is -0.496 e. The molecule has 0 aliphatic rings. The Morgan fingerprint density at radius 1 is 1.35 bits per heavy atom. The summed E-state index contributed by atoms with van der Waals surface area (Å²) in [6.07, 6.45) is 0.948. The molecule has 7 nitrogen and oxygen atoms in total. The molecule has 0 unspecified atom stereocenters. The van der Waals surface area contributed by atoms with E-state index < -0.39 is 21.0 Å². The number of nitrogens with one attached hydrogen (secondary N) is 1. The molecule has 20 heavy (non-hydrogen) atoms. The van der Waals surface area contributed by atoms with Crippen molar-refractivity contribution in [2.45, 2.75) is 5.16 Å². The Morgan fingerprint density at radius 3 is 2.55 bits per heavy atom. The monoisotopic (exact) mass is 296 g/mol. The summed E-state index contributed by atoms with van der Waals surface area (Å²) < 4.78 is 28.1. The number of methoxy groups -OCH3 is 1. The van der Waals surface area contributed by atoms with E-state index in [2.05, 4.69) is 9.97 Å². The number of aromatic carboxylic acids is 1. The Bertz CT molecular complexity index is 764. The largest absolute Gasteiger partial charge is 0.496 e. The first-order valence-corrected chi connectivity index (χ1v) is 7.40. The molecule has 0 fully saturated rings. The number of H-pyrrole nitrogens is 1. The van der Waals surface area contributed by atoms with E-state index in [1.807, 2.05) is 0 Å². The van der Waals surface area contributed by atoms with Gasteiger partial charge in [-0.05, 0) is 12.1 Å². The highest BCUT2D eigenvalue weighted by molar-refractivity contribution is 7.90. The molecule has 1 aromatic carbocycles. The zero-order chi connectivity index (χ0) is 14.9. The lowest BCUT2D eigenvalue weighted by molar-refractivity contribution is 0.0691. The van der Waals surface area contributed by atoms with Crippen LogP contribution in [0.5, 0.6) is 5.75 Å². The van der Waals surface area contributed by atoms with Crippen LogP contribution in [0.4, 0.5) is 0 Å². The van der Waals surface area contributed by atoms with Crippen LogP contribution in [-0.2, 0) is 9.84 Å². The van der Waals surface area contributed by atoms with Gasteiger partial charge in [0.15, 0.2) is 5.69 Å². The molecule has 1 aromatic heterocycles. The molecule has 0 aliphatic carbocycles. The number of benzene rings is 1. The summed E-state index contributed by atoms with van der Waals surface area (Å²) in [5.74, 6) is -0.894. The number of carboxylic acid groups (broad SMARTS) is 1. The Balaban J connectivity index is 2.73. The van der Waals surface area contributed by atoms with E-state index in [1.54, 1.807) is 24.3 Å². The average Bonchev–Trinajstić information content (AvgIpc) is 2.83. The standard InChI is InChI=1S/C12H12N2O5S/c1-19-8-6-4-3-5-7(8)9-10(11(15)16)14-12(13-9)20(2,17)18/h3-6H,1-2H3,(H,13,14)(H,15,16). The van der Waals surface area contributed by atoms with Crippen LogP contribution in [0, 0.1) is 0 Å². The maximum absolute atomic E-state index is 11.5. The lowest BCUT2D eigenvalue weighted by Gasteiger charge is -2.06. The Morgan fingerprint density at radius 2 is 2.00 bits per heavy atom. The van der Waals surface area contributed by atoms with Gasteiger partial charge >= 0.3 is 5.97 Å². The van der Waals surface area contributed by atoms with Crippen molar-refractivity contribution in [1.29, 1.82) is 0 Å². The summed E-state index contributed by atoms with van der Waals surface area (Å²) in [5, 5.41) is 8.77. The van der Waals surface area contributed by atoms with E-state index in [0.29, 0.717) is 11.3 Å². The molecular weight excluding hydrogens is 284 g/mol. The molecular formula is C12H12N2O5S. The molecule has 0 aliphatic heterocycles. The van der Waals surface area contributed by atoms with Crippen LogP contribution < -0.4 is 4.74 Å². The Hall–Kier alpha value is -2.35. The number of nitrogens with zero attached hydrogens (tertiary/aromatic N) is 1. The number of rotatable bonds is 4. The van der Waals surface area contributed by atoms with Crippen LogP contribution in [0.25, 0.3) is 11.3 Å². The highest BCUT2D eigenvalue weighted by Gasteiger charge is 2.24. The number of carboxylic acids is 1. The predicted molar refractivity (Wildman–Crippen MR) is 70.6 cm³/mol. The van der Waals surface area contributed by atoms with Gasteiger partial charge in [0.2, 0.25) is 15.0 Å². The van der Waals surface area contributed by atoms with E-state index >= 15 is 0 Å². The van der Waals surface area contributed by atoms with Crippen molar-refractivity contribution >= 4 is 15.8 Å². The third-order valence-corrected chi connectivity index (χ3v) is 3.51. The SMILES string of the molecule is COc1ccccc1-c1nc(S(C)(=O)=O)[nH]c1C(=O)O. The predicted octanol–water partition coefficient (Wildman–Crippen LogP) is 1.19. The number of carbonyl (C=O) groups is 1. The van der Waals surface area contributed by atoms with Gasteiger partial charge in [-0.1, -0.05) is 12.1 Å². The van der Waals surface area contributed by atoms with Crippen molar-refractivity contribution in [3.05, 3.63) is 30.0 Å². The number of ether oxygens (including phenoxy) is 1. The molecule has 0 atom stereocenters. The maximum Gasteiger partial charge on any atom is 0.354 e. The first kappa shape index (κ1) is 14.1. The van der Waals surface area contributed by atoms with Crippen molar-refractivity contribution in [2.75, 3.05) is 13.4 Å². The number of aromatic nitrogens is 2. The molecule has 0 radical (unpaired) electrons. The van der Waals surface area contributed by atoms with E-state index in [4.69, 9.17) is 9.84 Å². The van der Waals surface area contributed by atoms with Crippen LogP contribution >= 0.6 is 0 Å². The molecule has 2 aromatic rings. The van der Waals surface area contributed by atoms with Crippen molar-refractivity contribution < 1.29 is 23.1 Å². The van der Waals surface area contributed by atoms with Crippen LogP contribution in [0.3, 0.4) is 0 Å². The first-order valence-electron chi connectivity index (χ1n) is 5.51. The maximum atomic E-state index is 11.5. The van der Waals surface area contributed by atoms with Crippen LogP contribution in [-0.4, -0.2) is 42.8 Å². The van der Waals surface area contributed by atoms with Gasteiger partial charge in [-0.15, -0.1) is 0 Å². The van der Waals surface area contributed by atoms with E-state index in [1.165, 1.54) is 7.11 Å². The van der Waals surface area contributed by atoms with Crippen molar-refractivity contribution in [2.24, 2.45) is 0 Å². The number of aromatic amines is 1. The molecule has 0 amide bonds. The van der Waals surface area contributed by atoms with Crippen LogP contribution in [0.2, 0.25) is 0 Å². The Kier molecular flexibility index (Phi) is 3.49. The van der Waals surface area contributed by atoms with Gasteiger partial charge in [-0.25, -0.2) is 18.2 Å². The van der Waals surface area contributed by atoms with Gasteiger partial charge in [0, 0.05) is 11.8 Å². The van der Waals surface area contributed by atoms with E-state index in [-0.39, 0.29) is 11.4 Å². The quantitative estimate of drug-likeness (QED) is 0.877. The minimum absolute atomic E-state index is 0.0235. The third kappa shape index (κ3) is 2.50. The fourth-order valence-electron chi connectivity index (χ4n) is 1.72. The summed E-state index contributed by atoms with van der Waals surface area (Å²) in [6, 6.07) is 6.63. The summed E-state index contributed by atoms with van der Waals surface area (Å²) in [6.45, 7) is 0. The highest BCUT2D eigenvalue weighted by atomic mass is 32.2. The minimum atomic E-state index is -3.64. The lowest BCUT2D eigenvalue weighted by atomic mass is 10.1. The summed E-state index contributed by atoms with van der Waals surface area (Å²) in [4.78, 5) is 17.4. The topological polar surface area (TPSA) is 109 Å². The summed E-state index contributed by atoms with van der Waals surface area (Å²) in [7, 11) is -2.20. The number of sulfone groups is 1. The van der Waals surface area contributed by atoms with Crippen molar-refractivity contribution in [1.82, 2.24) is 9.97 Å². The van der Waals surface area contributed by atoms with Gasteiger partial charge in [-0.2, -0.15) is 0 Å². The van der Waals surface area contributed by atoms with Gasteiger partial charge < -0.3 is 14.8 Å². The molecule has 0 saturated carbocycles. The van der Waals surface area contributed by atoms with Crippen molar-refractivity contribution in [3.8, 4) is 17.0 Å². The fraction of sp³-hybridized carbons (Fsp3) is 0.167. The zero-order valence-electron chi connectivity index (χ0n) is 10.7. The third-order valence-electron chi connectivity index (χ3n) is 2.61. The number of para-hydroxylation sites is 1. The zero-order valence-corrected chi connectivity index (χ0v) is 11.6. The van der Waals surface area contributed by atoms with Crippen LogP contribution in [0.1, 0.15) is 10.5 Å². The van der Waals surface area contributed by atoms with Gasteiger partial charge in [0.05, 0.1) is 7.11 Å². The fourth-order valence-corrected chi connectivity index (χ4v) is 2.26. The smallest absolute Gasteiger partial charge is 0.354 e. The lowest BCUT2D eigenvalue weighted by Crippen LogP contribution is -2.02. The molecule has 2 N–H and O–H groups in total. The normalized spacial score (nSPS) is 11.3. The molecule has 2 rings (SSSR count). The van der Waals surface area contributed by atoms with Gasteiger partial charge in [-0.3, -0.25) is 0 Å². The molecule has 0 bridgehead atoms. The van der Waals surface area contributed by atoms with Gasteiger partial charge in [0.25, 0.3) is 0 Å². The second kappa shape index (κ2) is 4.97. The van der Waals surface area contributed by atoms with Crippen molar-refractivity contribution in [3.63, 3.8) is 0 Å². The van der Waals surface area contributed by atoms with E-state index in [0.717, 1.165) is 6.26 Å². The van der Waals surface area contributed by atoms with Crippen LogP contribution in [0.15, 0.2) is 29.4 Å². The van der Waals surface area contributed by atoms with Gasteiger partial charge in [0.1, 0.15) is 11.4 Å². The Labute approximate surface area is 115 Å². The second-order valence-corrected chi connectivity index (χ2v) is 5.97. The molecule has 1 heterocycles. The first-order chi connectivity index (χ1) is 9.34. The summed E-state index contributed by atoms with van der Waals surface area (Å²) >= 11 is 0.